The Morgan fingerprint density at radius 2 is 2.12 bits per heavy atom. The van der Waals surface area contributed by atoms with Crippen LogP contribution in [0.25, 0.3) is 22.3 Å². The second-order valence-electron chi connectivity index (χ2n) is 7.02. The Balaban J connectivity index is 1.74. The molecule has 3 aromatic heterocycles. The van der Waals surface area contributed by atoms with E-state index in [4.69, 9.17) is 14.7 Å². The predicted molar refractivity (Wildman–Crippen MR) is 103 cm³/mol. The Labute approximate surface area is 152 Å². The van der Waals surface area contributed by atoms with Gasteiger partial charge in [-0.15, -0.1) is 0 Å². The van der Waals surface area contributed by atoms with Crippen molar-refractivity contribution in [3.63, 3.8) is 0 Å². The lowest BCUT2D eigenvalue weighted by atomic mass is 9.85. The molecule has 6 heteroatoms. The number of nitrogens with one attached hydrogen (secondary N) is 1. The number of hydrogen-bond acceptors (Lipinski definition) is 5. The van der Waals surface area contributed by atoms with Crippen LogP contribution in [0.2, 0.25) is 0 Å². The molecule has 0 spiro atoms. The van der Waals surface area contributed by atoms with Crippen molar-refractivity contribution in [3.05, 3.63) is 30.2 Å². The summed E-state index contributed by atoms with van der Waals surface area (Å²) in [4.78, 5) is 21.6. The third-order valence-electron chi connectivity index (χ3n) is 4.96. The van der Waals surface area contributed by atoms with Gasteiger partial charge in [0.05, 0.1) is 23.7 Å². The van der Waals surface area contributed by atoms with E-state index in [0.717, 1.165) is 40.1 Å². The summed E-state index contributed by atoms with van der Waals surface area (Å²) < 4.78 is 5.37. The van der Waals surface area contributed by atoms with Gasteiger partial charge >= 0.3 is 6.01 Å². The Kier molecular flexibility index (Phi) is 4.18. The average molecular weight is 349 g/mol. The molecule has 4 rings (SSSR count). The molecule has 1 aliphatic rings. The fourth-order valence-electron chi connectivity index (χ4n) is 3.54. The van der Waals surface area contributed by atoms with Crippen molar-refractivity contribution in [1.29, 1.82) is 0 Å². The highest BCUT2D eigenvalue weighted by Gasteiger charge is 2.24. The molecule has 0 aromatic carbocycles. The maximum Gasteiger partial charge on any atom is 0.318 e. The van der Waals surface area contributed by atoms with Crippen LogP contribution < -0.4 is 4.74 Å². The van der Waals surface area contributed by atoms with Crippen molar-refractivity contribution in [2.45, 2.75) is 34.1 Å². The number of aromatic amines is 1. The number of fused-ring (bicyclic) bond motifs is 2. The van der Waals surface area contributed by atoms with Crippen molar-refractivity contribution in [1.82, 2.24) is 19.9 Å². The first-order valence-corrected chi connectivity index (χ1v) is 9.09. The van der Waals surface area contributed by atoms with Gasteiger partial charge < -0.3 is 9.72 Å². The Morgan fingerprint density at radius 1 is 1.27 bits per heavy atom. The van der Waals surface area contributed by atoms with Crippen LogP contribution in [0.4, 0.5) is 5.69 Å². The summed E-state index contributed by atoms with van der Waals surface area (Å²) in [7, 11) is 0. The minimum absolute atomic E-state index is 0.386. The minimum Gasteiger partial charge on any atom is -0.464 e. The molecule has 0 fully saturated rings. The topological polar surface area (TPSA) is 76.1 Å². The zero-order valence-corrected chi connectivity index (χ0v) is 15.6. The van der Waals surface area contributed by atoms with E-state index in [9.17, 15) is 0 Å². The lowest BCUT2D eigenvalue weighted by molar-refractivity contribution is 0.314. The van der Waals surface area contributed by atoms with Crippen LogP contribution in [0.15, 0.2) is 29.5 Å². The molecular weight excluding hydrogens is 326 g/mol. The second kappa shape index (κ2) is 6.52. The van der Waals surface area contributed by atoms with E-state index in [-0.39, 0.29) is 0 Å². The second-order valence-corrected chi connectivity index (χ2v) is 7.02. The SMILES string of the molecule is CCOc1ncc2c(-c3ccc4c(n3)C[C@H](C(C)C)C(C)=N4)c[nH]c2n1. The number of nitrogens with zero attached hydrogens (tertiary/aromatic N) is 4. The lowest BCUT2D eigenvalue weighted by Gasteiger charge is -2.25. The molecule has 0 aliphatic carbocycles. The summed E-state index contributed by atoms with van der Waals surface area (Å²) in [5.41, 5.74) is 5.92. The predicted octanol–water partition coefficient (Wildman–Crippen LogP) is 4.34. The summed E-state index contributed by atoms with van der Waals surface area (Å²) in [6.45, 7) is 9.06. The number of H-pyrrole nitrogens is 1. The molecular formula is C20H23N5O. The monoisotopic (exact) mass is 349 g/mol. The van der Waals surface area contributed by atoms with Crippen LogP contribution in [-0.2, 0) is 6.42 Å². The van der Waals surface area contributed by atoms with Crippen molar-refractivity contribution < 1.29 is 4.74 Å². The molecule has 1 atom stereocenters. The number of pyridine rings is 1. The summed E-state index contributed by atoms with van der Waals surface area (Å²) >= 11 is 0. The van der Waals surface area contributed by atoms with E-state index in [1.165, 1.54) is 5.71 Å². The van der Waals surface area contributed by atoms with Gasteiger partial charge in [-0.05, 0) is 31.9 Å². The number of ether oxygens (including phenoxy) is 1. The molecule has 4 heterocycles. The molecule has 134 valence electrons. The maximum atomic E-state index is 5.37. The number of rotatable bonds is 4. The van der Waals surface area contributed by atoms with Gasteiger partial charge in [-0.25, -0.2) is 4.98 Å². The third kappa shape index (κ3) is 2.85. The molecule has 0 saturated heterocycles. The average Bonchev–Trinajstić information content (AvgIpc) is 3.04. The number of hydrogen-bond donors (Lipinski definition) is 1. The van der Waals surface area contributed by atoms with E-state index < -0.39 is 0 Å². The molecule has 0 saturated carbocycles. The summed E-state index contributed by atoms with van der Waals surface area (Å²) in [5.74, 6) is 1.00. The first-order chi connectivity index (χ1) is 12.6. The normalized spacial score (nSPS) is 16.7. The fourth-order valence-corrected chi connectivity index (χ4v) is 3.54. The van der Waals surface area contributed by atoms with Gasteiger partial charge in [0, 0.05) is 41.4 Å². The van der Waals surface area contributed by atoms with E-state index >= 15 is 0 Å². The maximum absolute atomic E-state index is 5.37. The molecule has 0 radical (unpaired) electrons. The largest absolute Gasteiger partial charge is 0.464 e. The van der Waals surface area contributed by atoms with Gasteiger partial charge in [-0.3, -0.25) is 9.98 Å². The van der Waals surface area contributed by atoms with Crippen molar-refractivity contribution in [2.24, 2.45) is 16.8 Å². The van der Waals surface area contributed by atoms with Crippen molar-refractivity contribution >= 4 is 22.4 Å². The first-order valence-electron chi connectivity index (χ1n) is 9.09. The summed E-state index contributed by atoms with van der Waals surface area (Å²) in [6.07, 6.45) is 4.66. The molecule has 3 aromatic rings. The highest BCUT2D eigenvalue weighted by Crippen LogP contribution is 2.34. The number of aliphatic imine (C=N–C) groups is 1. The summed E-state index contributed by atoms with van der Waals surface area (Å²) in [6, 6.07) is 4.47. The van der Waals surface area contributed by atoms with Gasteiger partial charge in [0.2, 0.25) is 0 Å². The van der Waals surface area contributed by atoms with Crippen LogP contribution in [0.1, 0.15) is 33.4 Å². The zero-order chi connectivity index (χ0) is 18.3. The van der Waals surface area contributed by atoms with Crippen molar-refractivity contribution in [3.8, 4) is 17.3 Å². The first kappa shape index (κ1) is 16.7. The quantitative estimate of drug-likeness (QED) is 0.760. The van der Waals surface area contributed by atoms with E-state index in [2.05, 4.69) is 41.8 Å². The molecule has 26 heavy (non-hydrogen) atoms. The Bertz CT molecular complexity index is 989. The Morgan fingerprint density at radius 3 is 2.88 bits per heavy atom. The van der Waals surface area contributed by atoms with Gasteiger partial charge in [0.25, 0.3) is 0 Å². The minimum atomic E-state index is 0.386. The van der Waals surface area contributed by atoms with Gasteiger partial charge in [-0.1, -0.05) is 13.8 Å². The van der Waals surface area contributed by atoms with Crippen LogP contribution in [0.5, 0.6) is 6.01 Å². The third-order valence-corrected chi connectivity index (χ3v) is 4.96. The molecule has 1 N–H and O–H groups in total. The number of aromatic nitrogens is 4. The van der Waals surface area contributed by atoms with E-state index in [0.29, 0.717) is 24.5 Å². The molecule has 6 nitrogen and oxygen atoms in total. The molecule has 0 bridgehead atoms. The molecule has 0 amide bonds. The van der Waals surface area contributed by atoms with Gasteiger partial charge in [0.15, 0.2) is 0 Å². The smallest absolute Gasteiger partial charge is 0.318 e. The highest BCUT2D eigenvalue weighted by atomic mass is 16.5. The van der Waals surface area contributed by atoms with Gasteiger partial charge in [0.1, 0.15) is 5.65 Å². The van der Waals surface area contributed by atoms with Crippen LogP contribution in [0, 0.1) is 11.8 Å². The van der Waals surface area contributed by atoms with Gasteiger partial charge in [-0.2, -0.15) is 4.98 Å². The van der Waals surface area contributed by atoms with Crippen LogP contribution in [0.3, 0.4) is 0 Å². The van der Waals surface area contributed by atoms with Crippen LogP contribution >= 0.6 is 0 Å². The van der Waals surface area contributed by atoms with Crippen molar-refractivity contribution in [2.75, 3.05) is 6.61 Å². The Hall–Kier alpha value is -2.76. The zero-order valence-electron chi connectivity index (χ0n) is 15.6. The fraction of sp³-hybridized carbons (Fsp3) is 0.400. The molecule has 1 aliphatic heterocycles. The van der Waals surface area contributed by atoms with E-state index in [1.54, 1.807) is 6.20 Å². The highest BCUT2D eigenvalue weighted by molar-refractivity contribution is 5.93. The standard InChI is InChI=1S/C20H23N5O/c1-5-26-20-22-10-15-14(9-21-19(15)25-20)16-6-7-17-18(24-16)8-13(11(2)3)12(4)23-17/h6-7,9-11,13H,5,8H2,1-4H3,(H,21,22,25)/t13-/m1/s1. The lowest BCUT2D eigenvalue weighted by Crippen LogP contribution is -2.23. The van der Waals surface area contributed by atoms with Crippen LogP contribution in [-0.4, -0.2) is 32.3 Å². The van der Waals surface area contributed by atoms with E-state index in [1.807, 2.05) is 19.2 Å². The molecule has 0 unspecified atom stereocenters. The summed E-state index contributed by atoms with van der Waals surface area (Å²) in [5, 5.41) is 0.941.